The van der Waals surface area contributed by atoms with Gasteiger partial charge >= 0.3 is 0 Å². The summed E-state index contributed by atoms with van der Waals surface area (Å²) >= 11 is 0. The van der Waals surface area contributed by atoms with Crippen molar-refractivity contribution in [1.29, 1.82) is 0 Å². The van der Waals surface area contributed by atoms with Crippen molar-refractivity contribution in [2.45, 2.75) is 63.8 Å². The van der Waals surface area contributed by atoms with E-state index < -0.39 is 0 Å². The third-order valence-corrected chi connectivity index (χ3v) is 7.57. The first-order chi connectivity index (χ1) is 14.1. The average Bonchev–Trinajstić information content (AvgIpc) is 3.43. The SMILES string of the molecule is O=C1CCCN1c1ccc(N2CC[C@@]3(CCN(C4CCCCC4)C3=O)C2)c(F)c1. The molecule has 3 aliphatic heterocycles. The molecule has 0 radical (unpaired) electrons. The van der Waals surface area contributed by atoms with E-state index in [1.54, 1.807) is 11.0 Å². The van der Waals surface area contributed by atoms with Crippen LogP contribution in [0.5, 0.6) is 0 Å². The number of carbonyl (C=O) groups is 2. The quantitative estimate of drug-likeness (QED) is 0.778. The van der Waals surface area contributed by atoms with Gasteiger partial charge in [-0.2, -0.15) is 0 Å². The van der Waals surface area contributed by atoms with E-state index in [0.29, 0.717) is 49.4 Å². The van der Waals surface area contributed by atoms with Crippen LogP contribution >= 0.6 is 0 Å². The van der Waals surface area contributed by atoms with Gasteiger partial charge in [-0.25, -0.2) is 4.39 Å². The minimum absolute atomic E-state index is 0.0663. The molecule has 1 atom stereocenters. The Labute approximate surface area is 171 Å². The molecule has 4 fully saturated rings. The van der Waals surface area contributed by atoms with Crippen LogP contribution in [0.2, 0.25) is 0 Å². The second-order valence-corrected chi connectivity index (χ2v) is 9.28. The highest BCUT2D eigenvalue weighted by Gasteiger charge is 2.52. The third-order valence-electron chi connectivity index (χ3n) is 7.57. The van der Waals surface area contributed by atoms with Crippen LogP contribution in [0.15, 0.2) is 18.2 Å². The predicted molar refractivity (Wildman–Crippen MR) is 110 cm³/mol. The highest BCUT2D eigenvalue weighted by molar-refractivity contribution is 5.95. The Bertz CT molecular complexity index is 822. The van der Waals surface area contributed by atoms with E-state index in [4.69, 9.17) is 0 Å². The van der Waals surface area contributed by atoms with Gasteiger partial charge in [0.1, 0.15) is 5.82 Å². The number of carbonyl (C=O) groups excluding carboxylic acids is 2. The van der Waals surface area contributed by atoms with Gasteiger partial charge < -0.3 is 14.7 Å². The monoisotopic (exact) mass is 399 g/mol. The summed E-state index contributed by atoms with van der Waals surface area (Å²) in [6.45, 7) is 2.84. The minimum Gasteiger partial charge on any atom is -0.368 e. The minimum atomic E-state index is -0.340. The molecule has 3 saturated heterocycles. The molecule has 3 heterocycles. The first kappa shape index (κ1) is 18.9. The van der Waals surface area contributed by atoms with Crippen LogP contribution in [0.4, 0.5) is 15.8 Å². The molecule has 4 aliphatic rings. The summed E-state index contributed by atoms with van der Waals surface area (Å²) in [5.74, 6) is 0.0667. The molecule has 1 aromatic rings. The maximum absolute atomic E-state index is 14.9. The largest absolute Gasteiger partial charge is 0.368 e. The number of likely N-dealkylation sites (tertiary alicyclic amines) is 1. The van der Waals surface area contributed by atoms with Gasteiger partial charge in [-0.05, 0) is 50.3 Å². The molecule has 1 spiro atoms. The molecule has 0 N–H and O–H groups in total. The standard InChI is InChI=1S/C23H30FN3O2/c24-19-15-18(26-12-4-7-21(26)28)8-9-20(19)25-13-10-23(16-25)11-14-27(22(23)29)17-5-2-1-3-6-17/h8-9,15,17H,1-7,10-14,16H2/t23-/m1/s1. The Morgan fingerprint density at radius 1 is 0.966 bits per heavy atom. The molecule has 0 unspecified atom stereocenters. The second kappa shape index (κ2) is 7.29. The number of rotatable bonds is 3. The van der Waals surface area contributed by atoms with Crippen LogP contribution in [0.3, 0.4) is 0 Å². The van der Waals surface area contributed by atoms with Crippen molar-refractivity contribution in [3.63, 3.8) is 0 Å². The summed E-state index contributed by atoms with van der Waals surface area (Å²) in [6.07, 6.45) is 9.08. The Kier molecular flexibility index (Phi) is 4.75. The van der Waals surface area contributed by atoms with Crippen LogP contribution < -0.4 is 9.80 Å². The predicted octanol–water partition coefficient (Wildman–Crippen LogP) is 3.71. The summed E-state index contributed by atoms with van der Waals surface area (Å²) in [5.41, 5.74) is 0.859. The molecule has 6 heteroatoms. The summed E-state index contributed by atoms with van der Waals surface area (Å²) in [4.78, 5) is 31.1. The summed E-state index contributed by atoms with van der Waals surface area (Å²) < 4.78 is 14.9. The number of amides is 2. The molecule has 2 amide bonds. The lowest BCUT2D eigenvalue weighted by Crippen LogP contribution is -2.43. The van der Waals surface area contributed by atoms with E-state index in [9.17, 15) is 14.0 Å². The van der Waals surface area contributed by atoms with E-state index in [-0.39, 0.29) is 17.1 Å². The highest BCUT2D eigenvalue weighted by atomic mass is 19.1. The van der Waals surface area contributed by atoms with Crippen molar-refractivity contribution in [3.05, 3.63) is 24.0 Å². The maximum atomic E-state index is 14.9. The Morgan fingerprint density at radius 2 is 1.76 bits per heavy atom. The lowest BCUT2D eigenvalue weighted by atomic mass is 9.85. The van der Waals surface area contributed by atoms with Crippen LogP contribution in [0.1, 0.15) is 57.8 Å². The molecular formula is C23H30FN3O2. The molecule has 1 aliphatic carbocycles. The van der Waals surface area contributed by atoms with Gasteiger partial charge in [-0.15, -0.1) is 0 Å². The van der Waals surface area contributed by atoms with Gasteiger partial charge in [-0.1, -0.05) is 19.3 Å². The molecule has 29 heavy (non-hydrogen) atoms. The normalized spacial score (nSPS) is 28.4. The van der Waals surface area contributed by atoms with Crippen molar-refractivity contribution in [2.24, 2.45) is 5.41 Å². The van der Waals surface area contributed by atoms with Gasteiger partial charge in [0.2, 0.25) is 11.8 Å². The molecule has 156 valence electrons. The summed E-state index contributed by atoms with van der Waals surface area (Å²) in [6, 6.07) is 5.53. The van der Waals surface area contributed by atoms with Crippen molar-refractivity contribution in [1.82, 2.24) is 4.90 Å². The van der Waals surface area contributed by atoms with Gasteiger partial charge in [0.25, 0.3) is 0 Å². The number of benzene rings is 1. The summed E-state index contributed by atoms with van der Waals surface area (Å²) in [5, 5.41) is 0. The lowest BCUT2D eigenvalue weighted by Gasteiger charge is -2.32. The fourth-order valence-electron chi connectivity index (χ4n) is 5.89. The van der Waals surface area contributed by atoms with E-state index in [0.717, 1.165) is 38.6 Å². The van der Waals surface area contributed by atoms with Crippen molar-refractivity contribution < 1.29 is 14.0 Å². The van der Waals surface area contributed by atoms with Gasteiger partial charge in [0.15, 0.2) is 0 Å². The molecule has 5 nitrogen and oxygen atoms in total. The van der Waals surface area contributed by atoms with Gasteiger partial charge in [0, 0.05) is 44.3 Å². The average molecular weight is 400 g/mol. The molecule has 1 aromatic carbocycles. The Hall–Kier alpha value is -2.11. The van der Waals surface area contributed by atoms with Crippen LogP contribution in [0, 0.1) is 11.2 Å². The molecule has 0 aromatic heterocycles. The fourth-order valence-corrected chi connectivity index (χ4v) is 5.89. The van der Waals surface area contributed by atoms with E-state index in [2.05, 4.69) is 4.90 Å². The van der Waals surface area contributed by atoms with Crippen LogP contribution in [-0.4, -0.2) is 48.9 Å². The molecule has 5 rings (SSSR count). The third kappa shape index (κ3) is 3.21. The number of hydrogen-bond acceptors (Lipinski definition) is 3. The maximum Gasteiger partial charge on any atom is 0.230 e. The Morgan fingerprint density at radius 3 is 2.48 bits per heavy atom. The lowest BCUT2D eigenvalue weighted by molar-refractivity contribution is -0.137. The first-order valence-electron chi connectivity index (χ1n) is 11.2. The van der Waals surface area contributed by atoms with Crippen molar-refractivity contribution >= 4 is 23.2 Å². The van der Waals surface area contributed by atoms with Crippen LogP contribution in [-0.2, 0) is 9.59 Å². The topological polar surface area (TPSA) is 43.9 Å². The Balaban J connectivity index is 1.30. The van der Waals surface area contributed by atoms with Gasteiger partial charge in [0.05, 0.1) is 11.1 Å². The van der Waals surface area contributed by atoms with Crippen LogP contribution in [0.25, 0.3) is 0 Å². The zero-order valence-corrected chi connectivity index (χ0v) is 17.0. The smallest absolute Gasteiger partial charge is 0.230 e. The van der Waals surface area contributed by atoms with Gasteiger partial charge in [-0.3, -0.25) is 9.59 Å². The van der Waals surface area contributed by atoms with Crippen molar-refractivity contribution in [3.8, 4) is 0 Å². The zero-order valence-electron chi connectivity index (χ0n) is 17.0. The number of anilines is 2. The molecule has 0 bridgehead atoms. The number of nitrogens with zero attached hydrogens (tertiary/aromatic N) is 3. The van der Waals surface area contributed by atoms with E-state index >= 15 is 0 Å². The molecule has 1 saturated carbocycles. The highest BCUT2D eigenvalue weighted by Crippen LogP contribution is 2.44. The fraction of sp³-hybridized carbons (Fsp3) is 0.652. The zero-order chi connectivity index (χ0) is 20.0. The first-order valence-corrected chi connectivity index (χ1v) is 11.2. The second-order valence-electron chi connectivity index (χ2n) is 9.28. The van der Waals surface area contributed by atoms with E-state index in [1.165, 1.54) is 25.3 Å². The number of hydrogen-bond donors (Lipinski definition) is 0. The molecular weight excluding hydrogens is 369 g/mol. The summed E-state index contributed by atoms with van der Waals surface area (Å²) in [7, 11) is 0. The number of halogens is 1. The van der Waals surface area contributed by atoms with Crippen molar-refractivity contribution in [2.75, 3.05) is 36.0 Å². The van der Waals surface area contributed by atoms with E-state index in [1.807, 2.05) is 11.0 Å².